The Morgan fingerprint density at radius 3 is 1.92 bits per heavy atom. The Kier molecular flexibility index (Phi) is 14.7. The van der Waals surface area contributed by atoms with E-state index in [2.05, 4.69) is 41.5 Å². The molecule has 0 aromatic heterocycles. The molecule has 4 aliphatic heterocycles. The summed E-state index contributed by atoms with van der Waals surface area (Å²) in [5.41, 5.74) is 2.43. The number of rotatable bonds is 17. The van der Waals surface area contributed by atoms with Crippen LogP contribution in [-0.4, -0.2) is 106 Å². The SMILES string of the molecule is CC1O[C@@H](O[Si](C(C)C)(C(C)C)C(C)C)[C@@H](O)C(O)[C@H]1O[C@@H]1OC[C@@H](C)C(OC23COC[C@@]2(COCc2ccccc2)O[C@@H](c2ccccc2)O3)[C@H]1OCc1ccccc1. The van der Waals surface area contributed by atoms with Crippen LogP contribution in [0.3, 0.4) is 0 Å². The molecule has 12 atom stereocenters. The molecule has 4 aliphatic rings. The smallest absolute Gasteiger partial charge is 0.229 e. The Hall–Kier alpha value is -2.60. The van der Waals surface area contributed by atoms with Gasteiger partial charge in [-0.2, -0.15) is 0 Å². The molecule has 0 bridgehead atoms. The molecule has 3 aromatic carbocycles. The van der Waals surface area contributed by atoms with E-state index >= 15 is 0 Å². The van der Waals surface area contributed by atoms with E-state index in [1.807, 2.05) is 105 Å². The second kappa shape index (κ2) is 19.4. The number of fused-ring (bicyclic) bond motifs is 1. The van der Waals surface area contributed by atoms with Gasteiger partial charge in [-0.15, -0.1) is 0 Å². The summed E-state index contributed by atoms with van der Waals surface area (Å²) < 4.78 is 66.7. The van der Waals surface area contributed by atoms with E-state index in [0.29, 0.717) is 6.61 Å². The van der Waals surface area contributed by atoms with Gasteiger partial charge in [-0.05, 0) is 34.7 Å². The highest BCUT2D eigenvalue weighted by Crippen LogP contribution is 2.52. The van der Waals surface area contributed by atoms with Crippen LogP contribution in [-0.2, 0) is 60.3 Å². The van der Waals surface area contributed by atoms with Gasteiger partial charge in [0.15, 0.2) is 24.5 Å². The van der Waals surface area contributed by atoms with E-state index < -0.39 is 75.2 Å². The first-order valence-corrected chi connectivity index (χ1v) is 23.8. The van der Waals surface area contributed by atoms with E-state index in [9.17, 15) is 10.2 Å². The van der Waals surface area contributed by atoms with Gasteiger partial charge >= 0.3 is 0 Å². The quantitative estimate of drug-likeness (QED) is 0.131. The van der Waals surface area contributed by atoms with Crippen LogP contribution in [0.1, 0.15) is 78.4 Å². The van der Waals surface area contributed by atoms with Gasteiger partial charge in [-0.25, -0.2) is 0 Å². The molecular weight excluding hydrogens is 785 g/mol. The second-order valence-corrected chi connectivity index (χ2v) is 23.4. The lowest BCUT2D eigenvalue weighted by Gasteiger charge is -2.50. The highest BCUT2D eigenvalue weighted by molar-refractivity contribution is 6.77. The highest BCUT2D eigenvalue weighted by atomic mass is 28.4. The zero-order valence-electron chi connectivity index (χ0n) is 36.4. The molecule has 0 radical (unpaired) electrons. The van der Waals surface area contributed by atoms with Gasteiger partial charge < -0.3 is 57.3 Å². The van der Waals surface area contributed by atoms with Crippen LogP contribution in [0.25, 0.3) is 0 Å². The summed E-state index contributed by atoms with van der Waals surface area (Å²) in [4.78, 5) is 0. The largest absolute Gasteiger partial charge is 0.389 e. The minimum atomic E-state index is -2.48. The van der Waals surface area contributed by atoms with Crippen molar-refractivity contribution in [3.63, 3.8) is 0 Å². The Labute approximate surface area is 356 Å². The van der Waals surface area contributed by atoms with E-state index in [0.717, 1.165) is 16.7 Å². The summed E-state index contributed by atoms with van der Waals surface area (Å²) >= 11 is 0. The van der Waals surface area contributed by atoms with Crippen molar-refractivity contribution in [1.82, 2.24) is 0 Å². The fourth-order valence-electron chi connectivity index (χ4n) is 9.70. The van der Waals surface area contributed by atoms with Crippen LogP contribution in [0.15, 0.2) is 91.0 Å². The standard InChI is InChI=1S/C47H66O12Si/c1-30(2)60(31(3)4,32(5)6)59-44-39(49)38(48)41(34(8)54-44)55-45-42(52-26-36-20-14-10-15-21-36)40(33(7)24-53-45)56-47-29-51-28-46(47,27-50-25-35-18-12-9-13-19-35)57-43(58-47)37-22-16-11-17-23-37/h9-23,30-34,38-45,48-49H,24-29H2,1-8H3/t33-,34?,38?,39+,40?,41+,42-,43-,44+,45+,46-,47?/m1/s1. The first-order chi connectivity index (χ1) is 28.8. The molecule has 12 nitrogen and oxygen atoms in total. The number of aliphatic hydroxyl groups is 2. The lowest BCUT2D eigenvalue weighted by atomic mass is 9.93. The van der Waals surface area contributed by atoms with Gasteiger partial charge in [-0.3, -0.25) is 0 Å². The van der Waals surface area contributed by atoms with Gasteiger partial charge in [0.2, 0.25) is 14.1 Å². The topological polar surface area (TPSA) is 133 Å². The first kappa shape index (κ1) is 45.4. The van der Waals surface area contributed by atoms with E-state index in [1.165, 1.54) is 0 Å². The van der Waals surface area contributed by atoms with Crippen molar-refractivity contribution >= 4 is 8.32 Å². The molecule has 13 heteroatoms. The third-order valence-electron chi connectivity index (χ3n) is 12.9. The number of hydrogen-bond acceptors (Lipinski definition) is 12. The van der Waals surface area contributed by atoms with Crippen LogP contribution < -0.4 is 0 Å². The summed E-state index contributed by atoms with van der Waals surface area (Å²) in [6.45, 7) is 18.1. The molecule has 4 fully saturated rings. The maximum Gasteiger partial charge on any atom is 0.229 e. The minimum absolute atomic E-state index is 0.0831. The van der Waals surface area contributed by atoms with Gasteiger partial charge in [-0.1, -0.05) is 139 Å². The van der Waals surface area contributed by atoms with Gasteiger partial charge in [0.1, 0.15) is 31.0 Å². The lowest BCUT2D eigenvalue weighted by molar-refractivity contribution is -0.361. The third kappa shape index (κ3) is 9.21. The number of ether oxygens (including phenoxy) is 9. The Balaban J connectivity index is 1.16. The lowest BCUT2D eigenvalue weighted by Crippen LogP contribution is -2.65. The van der Waals surface area contributed by atoms with E-state index in [4.69, 9.17) is 47.1 Å². The average Bonchev–Trinajstić information content (AvgIpc) is 3.73. The zero-order chi connectivity index (χ0) is 42.7. The van der Waals surface area contributed by atoms with Crippen molar-refractivity contribution in [2.75, 3.05) is 26.4 Å². The monoisotopic (exact) mass is 850 g/mol. The third-order valence-corrected chi connectivity index (χ3v) is 18.9. The zero-order valence-corrected chi connectivity index (χ0v) is 37.4. The molecule has 0 aliphatic carbocycles. The van der Waals surface area contributed by atoms with Crippen LogP contribution in [0.5, 0.6) is 0 Å². The van der Waals surface area contributed by atoms with Gasteiger partial charge in [0.25, 0.3) is 0 Å². The van der Waals surface area contributed by atoms with Gasteiger partial charge in [0.05, 0.1) is 45.2 Å². The molecule has 4 unspecified atom stereocenters. The normalized spacial score (nSPS) is 34.8. The molecule has 7 rings (SSSR count). The summed E-state index contributed by atoms with van der Waals surface area (Å²) in [5.74, 6) is -1.61. The fourth-order valence-corrected chi connectivity index (χ4v) is 15.1. The van der Waals surface area contributed by atoms with Crippen molar-refractivity contribution in [2.24, 2.45) is 5.92 Å². The molecule has 4 saturated heterocycles. The molecule has 0 saturated carbocycles. The number of hydrogen-bond donors (Lipinski definition) is 2. The Morgan fingerprint density at radius 2 is 1.30 bits per heavy atom. The van der Waals surface area contributed by atoms with Crippen LogP contribution >= 0.6 is 0 Å². The summed E-state index contributed by atoms with van der Waals surface area (Å²) in [6.07, 6.45) is -8.67. The predicted octanol–water partition coefficient (Wildman–Crippen LogP) is 7.42. The molecule has 3 aromatic rings. The maximum atomic E-state index is 11.8. The molecule has 330 valence electrons. The highest BCUT2D eigenvalue weighted by Gasteiger charge is 2.69. The van der Waals surface area contributed by atoms with Crippen LogP contribution in [0.2, 0.25) is 16.6 Å². The number of benzene rings is 3. The molecule has 2 N–H and O–H groups in total. The molecule has 4 heterocycles. The summed E-state index contributed by atoms with van der Waals surface area (Å²) in [5, 5.41) is 23.5. The van der Waals surface area contributed by atoms with Gasteiger partial charge in [0, 0.05) is 11.5 Å². The van der Waals surface area contributed by atoms with E-state index in [-0.39, 0.29) is 55.6 Å². The first-order valence-electron chi connectivity index (χ1n) is 21.7. The maximum absolute atomic E-state index is 11.8. The number of aliphatic hydroxyl groups excluding tert-OH is 2. The summed E-state index contributed by atoms with van der Waals surface area (Å²) in [6, 6.07) is 29.6. The van der Waals surface area contributed by atoms with Crippen molar-refractivity contribution in [3.05, 3.63) is 108 Å². The summed E-state index contributed by atoms with van der Waals surface area (Å²) in [7, 11) is -2.48. The fraction of sp³-hybridized carbons (Fsp3) is 0.617. The van der Waals surface area contributed by atoms with Crippen molar-refractivity contribution in [3.8, 4) is 0 Å². The molecule has 0 spiro atoms. The Morgan fingerprint density at radius 1 is 0.700 bits per heavy atom. The predicted molar refractivity (Wildman–Crippen MR) is 226 cm³/mol. The average molecular weight is 851 g/mol. The molecule has 60 heavy (non-hydrogen) atoms. The van der Waals surface area contributed by atoms with E-state index in [1.54, 1.807) is 0 Å². The van der Waals surface area contributed by atoms with Crippen LogP contribution in [0.4, 0.5) is 0 Å². The van der Waals surface area contributed by atoms with Crippen molar-refractivity contribution < 1.29 is 57.3 Å². The van der Waals surface area contributed by atoms with Crippen molar-refractivity contribution in [2.45, 2.75) is 152 Å². The van der Waals surface area contributed by atoms with Crippen LogP contribution in [0, 0.1) is 5.92 Å². The molecular formula is C47H66O12Si. The minimum Gasteiger partial charge on any atom is -0.389 e. The Bertz CT molecular complexity index is 1750. The second-order valence-electron chi connectivity index (χ2n) is 17.9. The van der Waals surface area contributed by atoms with Crippen molar-refractivity contribution in [1.29, 1.82) is 0 Å². The molecule has 0 amide bonds.